The van der Waals surface area contributed by atoms with Gasteiger partial charge in [-0.15, -0.1) is 0 Å². The minimum Gasteiger partial charge on any atom is -0.473 e. The molecule has 0 aromatic heterocycles. The summed E-state index contributed by atoms with van der Waals surface area (Å²) < 4.78 is 24.7. The fraction of sp³-hybridized carbons (Fsp3) is 0.314. The Morgan fingerprint density at radius 2 is 0.551 bits per heavy atom. The fourth-order valence-corrected chi connectivity index (χ4v) is 11.4. The summed E-state index contributed by atoms with van der Waals surface area (Å²) in [5.41, 5.74) is 22.2. The highest BCUT2D eigenvalue weighted by molar-refractivity contribution is 5.59. The largest absolute Gasteiger partial charge is 0.473 e. The van der Waals surface area contributed by atoms with Crippen molar-refractivity contribution in [3.8, 4) is 23.0 Å². The molecule has 0 saturated heterocycles. The molecule has 0 aliphatic carbocycles. The molecule has 4 aliphatic heterocycles. The Morgan fingerprint density at radius 3 is 0.821 bits per heavy atom. The molecule has 12 rings (SSSR count). The molecule has 8 heteroatoms. The number of nitrogens with zero attached hydrogens (tertiary/aromatic N) is 4. The van der Waals surface area contributed by atoms with Crippen LogP contribution in [0.3, 0.4) is 0 Å². The van der Waals surface area contributed by atoms with E-state index in [9.17, 15) is 0 Å². The molecule has 0 fully saturated rings. The predicted octanol–water partition coefficient (Wildman–Crippen LogP) is 16.6. The van der Waals surface area contributed by atoms with Crippen LogP contribution in [0.4, 0.5) is 22.7 Å². The average Bonchev–Trinajstić information content (AvgIpc) is 3.46. The van der Waals surface area contributed by atoms with Crippen molar-refractivity contribution in [3.63, 3.8) is 0 Å². The SMILES string of the molecule is C.C.Cc1cc(C)cc(N2COc3ccc(C(C)(C)c4ccc5c(c4)CN(c4cc(C)cc(C)c4)CO5)cc3C2)c1.Cc1cccc(N2COc3ccc(C(C)(C)c4ccc5c(c4)CN(c4cccc(C)c4)CO5)cc3C2)c1. The molecule has 0 spiro atoms. The summed E-state index contributed by atoms with van der Waals surface area (Å²) in [6.45, 7) is 27.8. The van der Waals surface area contributed by atoms with Gasteiger partial charge in [0.1, 0.15) is 23.0 Å². The van der Waals surface area contributed by atoms with Crippen LogP contribution in [-0.2, 0) is 37.0 Å². The zero-order valence-corrected chi connectivity index (χ0v) is 46.1. The number of ether oxygens (including phenoxy) is 4. The van der Waals surface area contributed by atoms with Crippen molar-refractivity contribution in [1.29, 1.82) is 0 Å². The topological polar surface area (TPSA) is 49.9 Å². The predicted molar refractivity (Wildman–Crippen MR) is 324 cm³/mol. The molecule has 404 valence electrons. The molecule has 0 bridgehead atoms. The Kier molecular flexibility index (Phi) is 15.7. The molecular formula is C70H80N4O4. The summed E-state index contributed by atoms with van der Waals surface area (Å²) in [5, 5.41) is 0. The van der Waals surface area contributed by atoms with Gasteiger partial charge in [-0.05, 0) is 194 Å². The summed E-state index contributed by atoms with van der Waals surface area (Å²) in [4.78, 5) is 9.22. The van der Waals surface area contributed by atoms with Crippen molar-refractivity contribution in [2.45, 2.75) is 121 Å². The second-order valence-electron chi connectivity index (χ2n) is 22.8. The third-order valence-electron chi connectivity index (χ3n) is 16.0. The van der Waals surface area contributed by atoms with E-state index in [1.807, 2.05) is 0 Å². The van der Waals surface area contributed by atoms with E-state index in [2.05, 4.69) is 247 Å². The monoisotopic (exact) mass is 1040 g/mol. The molecule has 0 N–H and O–H groups in total. The molecule has 8 nitrogen and oxygen atoms in total. The van der Waals surface area contributed by atoms with Crippen molar-refractivity contribution >= 4 is 22.7 Å². The van der Waals surface area contributed by atoms with Gasteiger partial charge >= 0.3 is 0 Å². The maximum atomic E-state index is 6.19. The lowest BCUT2D eigenvalue weighted by molar-refractivity contribution is 0.288. The van der Waals surface area contributed by atoms with Crippen molar-refractivity contribution < 1.29 is 18.9 Å². The maximum absolute atomic E-state index is 6.19. The number of hydrogen-bond donors (Lipinski definition) is 0. The molecule has 4 aliphatic rings. The van der Waals surface area contributed by atoms with Crippen LogP contribution in [0.2, 0.25) is 0 Å². The second-order valence-corrected chi connectivity index (χ2v) is 22.8. The third-order valence-corrected chi connectivity index (χ3v) is 16.0. The van der Waals surface area contributed by atoms with Crippen LogP contribution >= 0.6 is 0 Å². The third kappa shape index (κ3) is 11.4. The van der Waals surface area contributed by atoms with Crippen molar-refractivity contribution in [3.05, 3.63) is 236 Å². The van der Waals surface area contributed by atoms with Crippen molar-refractivity contribution in [2.75, 3.05) is 46.5 Å². The number of aryl methyl sites for hydroxylation is 6. The van der Waals surface area contributed by atoms with E-state index in [0.29, 0.717) is 26.9 Å². The lowest BCUT2D eigenvalue weighted by Crippen LogP contribution is -2.33. The van der Waals surface area contributed by atoms with Gasteiger partial charge in [0, 0.05) is 82.0 Å². The zero-order chi connectivity index (χ0) is 52.9. The number of hydrogen-bond acceptors (Lipinski definition) is 8. The average molecular weight is 1040 g/mol. The van der Waals surface area contributed by atoms with Gasteiger partial charge in [-0.2, -0.15) is 0 Å². The van der Waals surface area contributed by atoms with E-state index in [-0.39, 0.29) is 25.7 Å². The van der Waals surface area contributed by atoms with E-state index < -0.39 is 0 Å². The van der Waals surface area contributed by atoms with E-state index in [1.54, 1.807) is 0 Å². The molecule has 0 amide bonds. The summed E-state index contributed by atoms with van der Waals surface area (Å²) in [6.07, 6.45) is 0. The lowest BCUT2D eigenvalue weighted by atomic mass is 9.77. The summed E-state index contributed by atoms with van der Waals surface area (Å²) in [6, 6.07) is 57.4. The highest BCUT2D eigenvalue weighted by atomic mass is 16.5. The highest BCUT2D eigenvalue weighted by Crippen LogP contribution is 2.42. The number of fused-ring (bicyclic) bond motifs is 4. The molecule has 4 heterocycles. The summed E-state index contributed by atoms with van der Waals surface area (Å²) >= 11 is 0. The van der Waals surface area contributed by atoms with E-state index >= 15 is 0 Å². The molecule has 78 heavy (non-hydrogen) atoms. The number of rotatable bonds is 8. The van der Waals surface area contributed by atoms with Gasteiger partial charge in [-0.1, -0.05) is 103 Å². The maximum Gasteiger partial charge on any atom is 0.161 e. The first-order valence-electron chi connectivity index (χ1n) is 26.9. The van der Waals surface area contributed by atoms with Crippen LogP contribution in [-0.4, -0.2) is 26.9 Å². The van der Waals surface area contributed by atoms with Crippen molar-refractivity contribution in [2.24, 2.45) is 0 Å². The van der Waals surface area contributed by atoms with Gasteiger partial charge in [0.2, 0.25) is 0 Å². The smallest absolute Gasteiger partial charge is 0.161 e. The van der Waals surface area contributed by atoms with Crippen LogP contribution in [0.15, 0.2) is 158 Å². The van der Waals surface area contributed by atoms with Crippen LogP contribution in [0, 0.1) is 41.5 Å². The molecular weight excluding hydrogens is 961 g/mol. The molecule has 8 aromatic carbocycles. The summed E-state index contributed by atoms with van der Waals surface area (Å²) in [7, 11) is 0. The van der Waals surface area contributed by atoms with E-state index in [4.69, 9.17) is 18.9 Å². The summed E-state index contributed by atoms with van der Waals surface area (Å²) in [5.74, 6) is 3.93. The van der Waals surface area contributed by atoms with Gasteiger partial charge < -0.3 is 38.5 Å². The first-order valence-corrected chi connectivity index (χ1v) is 26.9. The Balaban J connectivity index is 0.000000185. The normalized spacial score (nSPS) is 14.5. The molecule has 0 radical (unpaired) electrons. The Bertz CT molecular complexity index is 3210. The van der Waals surface area contributed by atoms with Crippen LogP contribution in [0.5, 0.6) is 23.0 Å². The van der Waals surface area contributed by atoms with Crippen molar-refractivity contribution in [1.82, 2.24) is 0 Å². The Hall–Kier alpha value is -7.84. The Labute approximate surface area is 465 Å². The van der Waals surface area contributed by atoms with Gasteiger partial charge in [0.15, 0.2) is 26.9 Å². The van der Waals surface area contributed by atoms with Crippen LogP contribution < -0.4 is 38.5 Å². The second kappa shape index (κ2) is 22.3. The Morgan fingerprint density at radius 1 is 0.295 bits per heavy atom. The lowest BCUT2D eigenvalue weighted by Gasteiger charge is -2.34. The van der Waals surface area contributed by atoms with Gasteiger partial charge in [-0.25, -0.2) is 0 Å². The van der Waals surface area contributed by atoms with Gasteiger partial charge in [-0.3, -0.25) is 0 Å². The molecule has 0 saturated carbocycles. The highest BCUT2D eigenvalue weighted by Gasteiger charge is 2.31. The zero-order valence-electron chi connectivity index (χ0n) is 46.1. The molecule has 8 aromatic rings. The number of anilines is 4. The van der Waals surface area contributed by atoms with Crippen LogP contribution in [0.1, 0.15) is 120 Å². The first kappa shape index (κ1) is 54.9. The quantitative estimate of drug-likeness (QED) is 0.149. The molecule has 0 unspecified atom stereocenters. The van der Waals surface area contributed by atoms with Crippen LogP contribution in [0.25, 0.3) is 0 Å². The molecule has 0 atom stereocenters. The first-order chi connectivity index (χ1) is 36.5. The minimum absolute atomic E-state index is 0. The fourth-order valence-electron chi connectivity index (χ4n) is 11.4. The van der Waals surface area contributed by atoms with Gasteiger partial charge in [0.05, 0.1) is 0 Å². The van der Waals surface area contributed by atoms with E-state index in [0.717, 1.165) is 49.2 Å². The standard InChI is InChI=1S/C35H38N2O2.C33H34N2O2.2CH4/c1-23-11-24(2)14-31(13-23)36-19-27-17-29(7-9-33(27)38-21-36)35(5,6)30-8-10-34-28(18-30)20-37(22-39-34)32-15-25(3)12-26(4)16-32;1-23-7-5-9-29(15-23)34-19-25-17-27(11-13-31(25)36-21-34)33(3,4)28-12-14-32-26(18-28)20-35(22-37-32)30-10-6-8-24(2)16-30;;/h7-18H,19-22H2,1-6H3;5-18H,19-22H2,1-4H3;2*1H4. The number of benzene rings is 8. The minimum atomic E-state index is -0.172. The van der Waals surface area contributed by atoms with Gasteiger partial charge in [0.25, 0.3) is 0 Å². The van der Waals surface area contributed by atoms with E-state index in [1.165, 1.54) is 101 Å².